The zero-order chi connectivity index (χ0) is 17.0. The monoisotopic (exact) mass is 355 g/mol. The summed E-state index contributed by atoms with van der Waals surface area (Å²) in [4.78, 5) is 25.3. The summed E-state index contributed by atoms with van der Waals surface area (Å²) >= 11 is 7.31. The molecule has 1 heterocycles. The minimum atomic E-state index is -0.443. The number of carbonyl (C=O) groups is 2. The summed E-state index contributed by atoms with van der Waals surface area (Å²) in [7, 11) is 0. The second-order valence-corrected chi connectivity index (χ2v) is 7.75. The normalized spacial score (nSPS) is 18.3. The molecule has 2 unspecified atom stereocenters. The SMILES string of the molecule is CC(C)CC(CN)NC(=O)CC1Sc2ccc(Cl)cc2NC1=O. The van der Waals surface area contributed by atoms with E-state index in [-0.39, 0.29) is 24.3 Å². The second-order valence-electron chi connectivity index (χ2n) is 6.07. The molecule has 2 atom stereocenters. The molecule has 23 heavy (non-hydrogen) atoms. The van der Waals surface area contributed by atoms with E-state index in [9.17, 15) is 9.59 Å². The summed E-state index contributed by atoms with van der Waals surface area (Å²) in [5.41, 5.74) is 6.39. The van der Waals surface area contributed by atoms with Crippen LogP contribution in [0.1, 0.15) is 26.7 Å². The molecule has 0 aliphatic carbocycles. The summed E-state index contributed by atoms with van der Waals surface area (Å²) < 4.78 is 0. The molecule has 0 saturated heterocycles. The van der Waals surface area contributed by atoms with Gasteiger partial charge in [-0.3, -0.25) is 9.59 Å². The van der Waals surface area contributed by atoms with Crippen molar-refractivity contribution in [1.29, 1.82) is 0 Å². The number of amides is 2. The summed E-state index contributed by atoms with van der Waals surface area (Å²) in [5.74, 6) is 0.132. The van der Waals surface area contributed by atoms with E-state index < -0.39 is 5.25 Å². The molecule has 0 radical (unpaired) electrons. The Bertz CT molecular complexity index is 595. The van der Waals surface area contributed by atoms with Crippen LogP contribution >= 0.6 is 23.4 Å². The van der Waals surface area contributed by atoms with Gasteiger partial charge in [0.25, 0.3) is 0 Å². The molecule has 5 nitrogen and oxygen atoms in total. The highest BCUT2D eigenvalue weighted by Crippen LogP contribution is 2.38. The third kappa shape index (κ3) is 5.12. The Morgan fingerprint density at radius 3 is 2.87 bits per heavy atom. The number of halogens is 1. The van der Waals surface area contributed by atoms with Gasteiger partial charge in [0.1, 0.15) is 0 Å². The lowest BCUT2D eigenvalue weighted by Crippen LogP contribution is -2.43. The summed E-state index contributed by atoms with van der Waals surface area (Å²) in [6.07, 6.45) is 0.959. The number of nitrogens with one attached hydrogen (secondary N) is 2. The first-order valence-electron chi connectivity index (χ1n) is 7.65. The Balaban J connectivity index is 1.96. The lowest BCUT2D eigenvalue weighted by atomic mass is 10.0. The van der Waals surface area contributed by atoms with Crippen molar-refractivity contribution in [1.82, 2.24) is 5.32 Å². The van der Waals surface area contributed by atoms with Crippen LogP contribution in [-0.4, -0.2) is 29.7 Å². The van der Waals surface area contributed by atoms with Crippen molar-refractivity contribution in [3.63, 3.8) is 0 Å². The number of hydrogen-bond acceptors (Lipinski definition) is 4. The van der Waals surface area contributed by atoms with Gasteiger partial charge < -0.3 is 16.4 Å². The fourth-order valence-corrected chi connectivity index (χ4v) is 3.76. The highest BCUT2D eigenvalue weighted by Gasteiger charge is 2.29. The molecule has 0 aromatic heterocycles. The Morgan fingerprint density at radius 2 is 2.22 bits per heavy atom. The van der Waals surface area contributed by atoms with Gasteiger partial charge in [-0.2, -0.15) is 0 Å². The number of benzene rings is 1. The number of fused-ring (bicyclic) bond motifs is 1. The highest BCUT2D eigenvalue weighted by molar-refractivity contribution is 8.01. The van der Waals surface area contributed by atoms with Crippen molar-refractivity contribution < 1.29 is 9.59 Å². The van der Waals surface area contributed by atoms with Crippen LogP contribution in [0.4, 0.5) is 5.69 Å². The van der Waals surface area contributed by atoms with Crippen molar-refractivity contribution in [2.45, 2.75) is 42.9 Å². The quantitative estimate of drug-likeness (QED) is 0.732. The van der Waals surface area contributed by atoms with Gasteiger partial charge in [-0.05, 0) is 30.5 Å². The summed E-state index contributed by atoms with van der Waals surface area (Å²) in [5, 5.41) is 5.85. The lowest BCUT2D eigenvalue weighted by Gasteiger charge is -2.25. The average molecular weight is 356 g/mol. The van der Waals surface area contributed by atoms with Gasteiger partial charge in [0, 0.05) is 28.9 Å². The molecule has 2 amide bonds. The van der Waals surface area contributed by atoms with Crippen molar-refractivity contribution >= 4 is 40.9 Å². The zero-order valence-electron chi connectivity index (χ0n) is 13.3. The molecule has 4 N–H and O–H groups in total. The average Bonchev–Trinajstić information content (AvgIpc) is 2.47. The largest absolute Gasteiger partial charge is 0.352 e. The third-order valence-corrected chi connectivity index (χ3v) is 5.05. The number of anilines is 1. The maximum Gasteiger partial charge on any atom is 0.238 e. The van der Waals surface area contributed by atoms with Crippen LogP contribution in [0.15, 0.2) is 23.1 Å². The van der Waals surface area contributed by atoms with E-state index >= 15 is 0 Å². The van der Waals surface area contributed by atoms with Crippen LogP contribution in [0, 0.1) is 5.92 Å². The number of rotatable bonds is 6. The van der Waals surface area contributed by atoms with E-state index in [1.807, 2.05) is 6.07 Å². The Morgan fingerprint density at radius 1 is 1.48 bits per heavy atom. The van der Waals surface area contributed by atoms with Crippen LogP contribution in [0.25, 0.3) is 0 Å². The van der Waals surface area contributed by atoms with Gasteiger partial charge in [-0.25, -0.2) is 0 Å². The van der Waals surface area contributed by atoms with Gasteiger partial charge in [0.15, 0.2) is 0 Å². The van der Waals surface area contributed by atoms with Crippen LogP contribution < -0.4 is 16.4 Å². The fraction of sp³-hybridized carbons (Fsp3) is 0.500. The van der Waals surface area contributed by atoms with E-state index in [4.69, 9.17) is 17.3 Å². The van der Waals surface area contributed by atoms with Crippen molar-refractivity contribution in [3.05, 3.63) is 23.2 Å². The van der Waals surface area contributed by atoms with Crippen LogP contribution in [0.5, 0.6) is 0 Å². The summed E-state index contributed by atoms with van der Waals surface area (Å²) in [6.45, 7) is 4.57. The number of thioether (sulfide) groups is 1. The predicted octanol–water partition coefficient (Wildman–Crippen LogP) is 2.63. The molecule has 0 spiro atoms. The van der Waals surface area contributed by atoms with E-state index in [2.05, 4.69) is 24.5 Å². The van der Waals surface area contributed by atoms with Gasteiger partial charge in [-0.15, -0.1) is 11.8 Å². The van der Waals surface area contributed by atoms with Crippen molar-refractivity contribution in [3.8, 4) is 0 Å². The molecule has 0 bridgehead atoms. The fourth-order valence-electron chi connectivity index (χ4n) is 2.50. The van der Waals surface area contributed by atoms with Crippen molar-refractivity contribution in [2.24, 2.45) is 11.7 Å². The van der Waals surface area contributed by atoms with E-state index in [1.165, 1.54) is 11.8 Å². The van der Waals surface area contributed by atoms with Crippen molar-refractivity contribution in [2.75, 3.05) is 11.9 Å². The van der Waals surface area contributed by atoms with Gasteiger partial charge >= 0.3 is 0 Å². The topological polar surface area (TPSA) is 84.2 Å². The van der Waals surface area contributed by atoms with Gasteiger partial charge in [0.05, 0.1) is 10.9 Å². The first-order valence-corrected chi connectivity index (χ1v) is 8.91. The molecule has 1 aliphatic heterocycles. The molecule has 126 valence electrons. The lowest BCUT2D eigenvalue weighted by molar-refractivity contribution is -0.124. The number of nitrogens with two attached hydrogens (primary N) is 1. The molecular formula is C16H22ClN3O2S. The molecular weight excluding hydrogens is 334 g/mol. The Hall–Kier alpha value is -1.24. The van der Waals surface area contributed by atoms with E-state index in [1.54, 1.807) is 12.1 Å². The molecule has 0 fully saturated rings. The second kappa shape index (κ2) is 8.04. The smallest absolute Gasteiger partial charge is 0.238 e. The molecule has 1 aromatic rings. The third-order valence-electron chi connectivity index (χ3n) is 3.54. The highest BCUT2D eigenvalue weighted by atomic mass is 35.5. The number of carbonyl (C=O) groups excluding carboxylic acids is 2. The van der Waals surface area contributed by atoms with E-state index in [0.717, 1.165) is 11.3 Å². The summed E-state index contributed by atoms with van der Waals surface area (Å²) in [6, 6.07) is 5.29. The van der Waals surface area contributed by atoms with Crippen LogP contribution in [0.2, 0.25) is 5.02 Å². The molecule has 1 aromatic carbocycles. The Kier molecular flexibility index (Phi) is 6.33. The predicted molar refractivity (Wildman–Crippen MR) is 94.8 cm³/mol. The van der Waals surface area contributed by atoms with Crippen LogP contribution in [0.3, 0.4) is 0 Å². The number of hydrogen-bond donors (Lipinski definition) is 3. The van der Waals surface area contributed by atoms with E-state index in [0.29, 0.717) is 23.2 Å². The standard InChI is InChI=1S/C16H22ClN3O2S/c1-9(2)5-11(8-18)19-15(21)7-14-16(22)20-12-6-10(17)3-4-13(12)23-14/h3-4,6,9,11,14H,5,7-8,18H2,1-2H3,(H,19,21)(H,20,22). The van der Waals surface area contributed by atoms with Gasteiger partial charge in [-0.1, -0.05) is 25.4 Å². The first-order chi connectivity index (χ1) is 10.9. The molecule has 0 saturated carbocycles. The Labute approximate surface area is 145 Å². The minimum Gasteiger partial charge on any atom is -0.352 e. The molecule has 7 heteroatoms. The zero-order valence-corrected chi connectivity index (χ0v) is 14.8. The maximum atomic E-state index is 12.2. The molecule has 1 aliphatic rings. The maximum absolute atomic E-state index is 12.2. The van der Waals surface area contributed by atoms with Gasteiger partial charge in [0.2, 0.25) is 11.8 Å². The first kappa shape index (κ1) is 18.1. The molecule has 2 rings (SSSR count). The van der Waals surface area contributed by atoms with Crippen LogP contribution in [-0.2, 0) is 9.59 Å². The minimum absolute atomic E-state index is 0.0507.